The summed E-state index contributed by atoms with van der Waals surface area (Å²) in [5.74, 6) is 0.961. The number of carbonyl (C=O) groups is 1. The van der Waals surface area contributed by atoms with Crippen molar-refractivity contribution < 1.29 is 9.53 Å². The van der Waals surface area contributed by atoms with E-state index in [4.69, 9.17) is 22.1 Å². The third kappa shape index (κ3) is 2.87. The minimum Gasteiger partial charge on any atom is -0.374 e. The largest absolute Gasteiger partial charge is 0.374 e. The third-order valence-electron chi connectivity index (χ3n) is 5.36. The number of primary amides is 1. The standard InChI is InChI=1S/C19H18ClN5O2/c20-10-1-3-12-14(7-10)22-6-5-15(12)25-19(23-18(24-25)9-17(21)26)13-8-11-2-4-16(13)27-11/h1,3,5-7,11,13,16H,2,4,8-9H2,(H2,21,26)/t11-,13-,16+/m0/s1. The third-order valence-corrected chi connectivity index (χ3v) is 5.59. The highest BCUT2D eigenvalue weighted by atomic mass is 35.5. The molecule has 2 N–H and O–H groups in total. The van der Waals surface area contributed by atoms with Crippen LogP contribution in [0.25, 0.3) is 16.6 Å². The number of amides is 1. The highest BCUT2D eigenvalue weighted by Gasteiger charge is 2.44. The van der Waals surface area contributed by atoms with Crippen LogP contribution >= 0.6 is 11.6 Å². The predicted molar refractivity (Wildman–Crippen MR) is 99.8 cm³/mol. The molecule has 2 bridgehead atoms. The van der Waals surface area contributed by atoms with Gasteiger partial charge in [0, 0.05) is 22.5 Å². The number of halogens is 1. The van der Waals surface area contributed by atoms with Crippen molar-refractivity contribution in [1.82, 2.24) is 19.7 Å². The number of hydrogen-bond acceptors (Lipinski definition) is 5. The van der Waals surface area contributed by atoms with Gasteiger partial charge in [0.05, 0.1) is 29.8 Å². The molecule has 27 heavy (non-hydrogen) atoms. The van der Waals surface area contributed by atoms with Crippen molar-refractivity contribution >= 4 is 28.4 Å². The van der Waals surface area contributed by atoms with Crippen molar-refractivity contribution in [3.05, 3.63) is 47.1 Å². The van der Waals surface area contributed by atoms with Gasteiger partial charge in [-0.1, -0.05) is 11.6 Å². The molecule has 8 heteroatoms. The first kappa shape index (κ1) is 16.6. The first-order valence-electron chi connectivity index (χ1n) is 9.03. The minimum absolute atomic E-state index is 0.0104. The monoisotopic (exact) mass is 383 g/mol. The van der Waals surface area contributed by atoms with Gasteiger partial charge in [-0.3, -0.25) is 9.78 Å². The van der Waals surface area contributed by atoms with Gasteiger partial charge in [-0.15, -0.1) is 0 Å². The molecule has 0 spiro atoms. The molecule has 0 saturated carbocycles. The summed E-state index contributed by atoms with van der Waals surface area (Å²) < 4.78 is 7.85. The average Bonchev–Trinajstić information content (AvgIpc) is 3.35. The quantitative estimate of drug-likeness (QED) is 0.746. The minimum atomic E-state index is -0.450. The van der Waals surface area contributed by atoms with Crippen LogP contribution in [0.15, 0.2) is 30.5 Å². The van der Waals surface area contributed by atoms with E-state index < -0.39 is 5.91 Å². The summed E-state index contributed by atoms with van der Waals surface area (Å²) >= 11 is 6.11. The van der Waals surface area contributed by atoms with E-state index in [1.165, 1.54) is 0 Å². The van der Waals surface area contributed by atoms with E-state index >= 15 is 0 Å². The van der Waals surface area contributed by atoms with E-state index in [1.807, 2.05) is 28.9 Å². The van der Waals surface area contributed by atoms with E-state index in [0.29, 0.717) is 10.8 Å². The molecule has 2 aliphatic heterocycles. The first-order chi connectivity index (χ1) is 13.1. The Balaban J connectivity index is 1.67. The molecular formula is C19H18ClN5O2. The van der Waals surface area contributed by atoms with Gasteiger partial charge >= 0.3 is 0 Å². The molecule has 1 aromatic carbocycles. The Labute approximate surface area is 160 Å². The number of carbonyl (C=O) groups excluding carboxylic acids is 1. The second-order valence-corrected chi connectivity index (χ2v) is 7.59. The van der Waals surface area contributed by atoms with Gasteiger partial charge in [0.1, 0.15) is 5.82 Å². The SMILES string of the molecule is NC(=O)Cc1nc([C@H]2C[C@@H]3CC[C@H]2O3)n(-c2ccnc3cc(Cl)ccc23)n1. The fourth-order valence-corrected chi connectivity index (χ4v) is 4.38. The average molecular weight is 384 g/mol. The zero-order valence-corrected chi connectivity index (χ0v) is 15.3. The smallest absolute Gasteiger partial charge is 0.225 e. The van der Waals surface area contributed by atoms with Crippen LogP contribution in [0, 0.1) is 0 Å². The molecule has 4 heterocycles. The molecule has 3 atom stereocenters. The molecule has 0 aliphatic carbocycles. The molecule has 0 unspecified atom stereocenters. The lowest BCUT2D eigenvalue weighted by atomic mass is 9.88. The van der Waals surface area contributed by atoms with Gasteiger partial charge in [0.2, 0.25) is 5.91 Å². The maximum atomic E-state index is 11.4. The molecule has 1 amide bonds. The van der Waals surface area contributed by atoms with Crippen LogP contribution in [-0.2, 0) is 16.0 Å². The summed E-state index contributed by atoms with van der Waals surface area (Å²) in [6, 6.07) is 7.48. The molecule has 5 rings (SSSR count). The Morgan fingerprint density at radius 3 is 2.96 bits per heavy atom. The highest BCUT2D eigenvalue weighted by Crippen LogP contribution is 2.44. The number of nitrogens with zero attached hydrogens (tertiary/aromatic N) is 4. The molecule has 3 aromatic rings. The summed E-state index contributed by atoms with van der Waals surface area (Å²) in [7, 11) is 0. The first-order valence-corrected chi connectivity index (χ1v) is 9.40. The zero-order valence-electron chi connectivity index (χ0n) is 14.5. The van der Waals surface area contributed by atoms with Crippen molar-refractivity contribution in [2.45, 2.75) is 43.8 Å². The lowest BCUT2D eigenvalue weighted by Gasteiger charge is -2.19. The van der Waals surface area contributed by atoms with Crippen molar-refractivity contribution in [2.24, 2.45) is 5.73 Å². The summed E-state index contributed by atoms with van der Waals surface area (Å²) in [4.78, 5) is 20.5. The van der Waals surface area contributed by atoms with Crippen molar-refractivity contribution in [3.63, 3.8) is 0 Å². The van der Waals surface area contributed by atoms with Crippen molar-refractivity contribution in [3.8, 4) is 5.69 Å². The molecule has 2 saturated heterocycles. The summed E-state index contributed by atoms with van der Waals surface area (Å²) in [6.45, 7) is 0. The van der Waals surface area contributed by atoms with Crippen LogP contribution in [0.4, 0.5) is 0 Å². The molecular weight excluding hydrogens is 366 g/mol. The topological polar surface area (TPSA) is 95.9 Å². The molecule has 2 aliphatic rings. The van der Waals surface area contributed by atoms with Gasteiger partial charge in [-0.05, 0) is 43.5 Å². The van der Waals surface area contributed by atoms with Crippen LogP contribution < -0.4 is 5.73 Å². The number of pyridine rings is 1. The Kier molecular flexibility index (Phi) is 3.87. The molecule has 2 aromatic heterocycles. The van der Waals surface area contributed by atoms with E-state index in [9.17, 15) is 4.79 Å². The summed E-state index contributed by atoms with van der Waals surface area (Å²) in [5, 5.41) is 6.16. The lowest BCUT2D eigenvalue weighted by molar-refractivity contribution is -0.117. The summed E-state index contributed by atoms with van der Waals surface area (Å²) in [5.41, 5.74) is 7.00. The van der Waals surface area contributed by atoms with Gasteiger partial charge < -0.3 is 10.5 Å². The number of aromatic nitrogens is 4. The number of ether oxygens (including phenoxy) is 1. The van der Waals surface area contributed by atoms with E-state index in [-0.39, 0.29) is 24.5 Å². The molecule has 7 nitrogen and oxygen atoms in total. The Bertz CT molecular complexity index is 1050. The van der Waals surface area contributed by atoms with Crippen LogP contribution in [0.2, 0.25) is 5.02 Å². The number of benzene rings is 1. The molecule has 2 fully saturated rings. The molecule has 138 valence electrons. The predicted octanol–water partition coefficient (Wildman–Crippen LogP) is 2.53. The fraction of sp³-hybridized carbons (Fsp3) is 0.368. The lowest BCUT2D eigenvalue weighted by Crippen LogP contribution is -2.19. The van der Waals surface area contributed by atoms with Gasteiger partial charge in [-0.25, -0.2) is 9.67 Å². The second kappa shape index (κ2) is 6.28. The number of hydrogen-bond donors (Lipinski definition) is 1. The second-order valence-electron chi connectivity index (χ2n) is 7.15. The number of rotatable bonds is 4. The van der Waals surface area contributed by atoms with Gasteiger partial charge in [0.25, 0.3) is 0 Å². The number of fused-ring (bicyclic) bond motifs is 3. The van der Waals surface area contributed by atoms with Crippen molar-refractivity contribution in [2.75, 3.05) is 0 Å². The number of nitrogens with two attached hydrogens (primary N) is 1. The molecule has 0 radical (unpaired) electrons. The van der Waals surface area contributed by atoms with Gasteiger partial charge in [0.15, 0.2) is 5.82 Å². The van der Waals surface area contributed by atoms with Crippen molar-refractivity contribution in [1.29, 1.82) is 0 Å². The maximum absolute atomic E-state index is 11.4. The summed E-state index contributed by atoms with van der Waals surface area (Å²) in [6.07, 6.45) is 5.23. The Morgan fingerprint density at radius 1 is 1.33 bits per heavy atom. The van der Waals surface area contributed by atoms with E-state index in [1.54, 1.807) is 6.20 Å². The van der Waals surface area contributed by atoms with Gasteiger partial charge in [-0.2, -0.15) is 5.10 Å². The zero-order chi connectivity index (χ0) is 18.5. The van der Waals surface area contributed by atoms with Crippen LogP contribution in [-0.4, -0.2) is 37.9 Å². The van der Waals surface area contributed by atoms with E-state index in [2.05, 4.69) is 15.1 Å². The Hall–Kier alpha value is -2.51. The maximum Gasteiger partial charge on any atom is 0.225 e. The Morgan fingerprint density at radius 2 is 2.22 bits per heavy atom. The normalized spacial score (nSPS) is 24.0. The van der Waals surface area contributed by atoms with Crippen LogP contribution in [0.1, 0.15) is 36.8 Å². The van der Waals surface area contributed by atoms with E-state index in [0.717, 1.165) is 41.7 Å². The fourth-order valence-electron chi connectivity index (χ4n) is 4.22. The van der Waals surface area contributed by atoms with Crippen LogP contribution in [0.3, 0.4) is 0 Å². The van der Waals surface area contributed by atoms with Crippen LogP contribution in [0.5, 0.6) is 0 Å². The highest BCUT2D eigenvalue weighted by molar-refractivity contribution is 6.31.